The molecule has 1 aliphatic carbocycles. The lowest BCUT2D eigenvalue weighted by molar-refractivity contribution is -0.147. The average Bonchev–Trinajstić information content (AvgIpc) is 3.24. The Labute approximate surface area is 139 Å². The summed E-state index contributed by atoms with van der Waals surface area (Å²) in [4.78, 5) is 27.7. The zero-order chi connectivity index (χ0) is 17.0. The Morgan fingerprint density at radius 2 is 1.92 bits per heavy atom. The molecule has 126 valence electrons. The number of nitrogens with one attached hydrogen (secondary N) is 1. The van der Waals surface area contributed by atoms with Gasteiger partial charge in [-0.3, -0.25) is 4.79 Å². The number of aliphatic carboxylic acids is 1. The Morgan fingerprint density at radius 3 is 2.58 bits per heavy atom. The van der Waals surface area contributed by atoms with E-state index < -0.39 is 11.5 Å². The fraction of sp³-hybridized carbons (Fsp3) is 0.389. The SMILES string of the molecule is O=C(CCc1ncc(-c2ccccc2)o1)NC1(C(=O)O)CCCC1. The Balaban J connectivity index is 1.57. The van der Waals surface area contributed by atoms with Crippen molar-refractivity contribution in [2.75, 3.05) is 0 Å². The van der Waals surface area contributed by atoms with Gasteiger partial charge in [-0.15, -0.1) is 0 Å². The first kappa shape index (κ1) is 16.2. The number of carbonyl (C=O) groups is 2. The van der Waals surface area contributed by atoms with Crippen molar-refractivity contribution in [1.82, 2.24) is 10.3 Å². The monoisotopic (exact) mass is 328 g/mol. The van der Waals surface area contributed by atoms with Crippen molar-refractivity contribution in [2.24, 2.45) is 0 Å². The summed E-state index contributed by atoms with van der Waals surface area (Å²) in [5.41, 5.74) is -0.167. The Morgan fingerprint density at radius 1 is 1.21 bits per heavy atom. The summed E-state index contributed by atoms with van der Waals surface area (Å²) in [5, 5.41) is 12.1. The number of nitrogens with zero attached hydrogens (tertiary/aromatic N) is 1. The second kappa shape index (κ2) is 6.86. The molecule has 0 unspecified atom stereocenters. The topological polar surface area (TPSA) is 92.4 Å². The van der Waals surface area contributed by atoms with Gasteiger partial charge in [0.1, 0.15) is 5.54 Å². The molecular formula is C18H20N2O4. The molecule has 1 amide bonds. The molecular weight excluding hydrogens is 308 g/mol. The highest BCUT2D eigenvalue weighted by Gasteiger charge is 2.42. The lowest BCUT2D eigenvalue weighted by Gasteiger charge is -2.25. The summed E-state index contributed by atoms with van der Waals surface area (Å²) >= 11 is 0. The predicted molar refractivity (Wildman–Crippen MR) is 87.2 cm³/mol. The fourth-order valence-corrected chi connectivity index (χ4v) is 3.08. The van der Waals surface area contributed by atoms with Crippen LogP contribution in [0.1, 0.15) is 38.0 Å². The minimum absolute atomic E-state index is 0.157. The maximum absolute atomic E-state index is 12.1. The van der Waals surface area contributed by atoms with Gasteiger partial charge in [0, 0.05) is 18.4 Å². The van der Waals surface area contributed by atoms with Crippen molar-refractivity contribution in [1.29, 1.82) is 0 Å². The molecule has 1 heterocycles. The van der Waals surface area contributed by atoms with Gasteiger partial charge in [0.2, 0.25) is 5.91 Å². The van der Waals surface area contributed by atoms with Gasteiger partial charge in [-0.25, -0.2) is 9.78 Å². The van der Waals surface area contributed by atoms with Crippen molar-refractivity contribution >= 4 is 11.9 Å². The second-order valence-corrected chi connectivity index (χ2v) is 6.13. The van der Waals surface area contributed by atoms with Crippen LogP contribution in [0.4, 0.5) is 0 Å². The van der Waals surface area contributed by atoms with Crippen LogP contribution >= 0.6 is 0 Å². The maximum atomic E-state index is 12.1. The summed E-state index contributed by atoms with van der Waals surface area (Å²) in [6.45, 7) is 0. The number of oxazole rings is 1. The van der Waals surface area contributed by atoms with E-state index in [0.717, 1.165) is 18.4 Å². The Bertz CT molecular complexity index is 718. The van der Waals surface area contributed by atoms with Crippen molar-refractivity contribution in [2.45, 2.75) is 44.1 Å². The molecule has 2 aromatic rings. The molecule has 1 aliphatic rings. The summed E-state index contributed by atoms with van der Waals surface area (Å²) < 4.78 is 5.66. The van der Waals surface area contributed by atoms with Crippen LogP contribution in [0.5, 0.6) is 0 Å². The number of amides is 1. The lowest BCUT2D eigenvalue weighted by Crippen LogP contribution is -2.52. The minimum Gasteiger partial charge on any atom is -0.480 e. The number of hydrogen-bond acceptors (Lipinski definition) is 4. The van der Waals surface area contributed by atoms with E-state index in [1.165, 1.54) is 0 Å². The lowest BCUT2D eigenvalue weighted by atomic mass is 9.97. The van der Waals surface area contributed by atoms with Crippen LogP contribution in [-0.4, -0.2) is 27.5 Å². The van der Waals surface area contributed by atoms with E-state index >= 15 is 0 Å². The maximum Gasteiger partial charge on any atom is 0.329 e. The van der Waals surface area contributed by atoms with Gasteiger partial charge in [0.05, 0.1) is 6.20 Å². The van der Waals surface area contributed by atoms with Crippen molar-refractivity contribution in [3.05, 3.63) is 42.4 Å². The van der Waals surface area contributed by atoms with Crippen molar-refractivity contribution in [3.8, 4) is 11.3 Å². The van der Waals surface area contributed by atoms with Gasteiger partial charge in [-0.1, -0.05) is 43.2 Å². The number of carbonyl (C=O) groups excluding carboxylic acids is 1. The molecule has 0 spiro atoms. The third-order valence-corrected chi connectivity index (χ3v) is 4.42. The van der Waals surface area contributed by atoms with Gasteiger partial charge in [0.15, 0.2) is 11.7 Å². The van der Waals surface area contributed by atoms with Crippen molar-refractivity contribution < 1.29 is 19.1 Å². The van der Waals surface area contributed by atoms with E-state index in [4.69, 9.17) is 4.42 Å². The number of rotatable bonds is 6. The zero-order valence-electron chi connectivity index (χ0n) is 13.3. The number of carboxylic acids is 1. The van der Waals surface area contributed by atoms with Crippen LogP contribution in [0, 0.1) is 0 Å². The number of aryl methyl sites for hydroxylation is 1. The summed E-state index contributed by atoms with van der Waals surface area (Å²) in [5.74, 6) is -0.0989. The minimum atomic E-state index is -1.09. The van der Waals surface area contributed by atoms with Crippen LogP contribution in [-0.2, 0) is 16.0 Å². The molecule has 0 saturated heterocycles. The molecule has 2 N–H and O–H groups in total. The third-order valence-electron chi connectivity index (χ3n) is 4.42. The third kappa shape index (κ3) is 3.48. The van der Waals surface area contributed by atoms with E-state index in [1.807, 2.05) is 30.3 Å². The highest BCUT2D eigenvalue weighted by Crippen LogP contribution is 2.30. The number of benzene rings is 1. The molecule has 6 heteroatoms. The van der Waals surface area contributed by atoms with Crippen LogP contribution in [0.3, 0.4) is 0 Å². The molecule has 0 aliphatic heterocycles. The van der Waals surface area contributed by atoms with E-state index in [0.29, 0.717) is 30.9 Å². The molecule has 1 aromatic carbocycles. The molecule has 6 nitrogen and oxygen atoms in total. The highest BCUT2D eigenvalue weighted by atomic mass is 16.4. The second-order valence-electron chi connectivity index (χ2n) is 6.13. The number of hydrogen-bond donors (Lipinski definition) is 2. The van der Waals surface area contributed by atoms with Crippen LogP contribution < -0.4 is 5.32 Å². The normalized spacial score (nSPS) is 16.0. The smallest absolute Gasteiger partial charge is 0.329 e. The van der Waals surface area contributed by atoms with Gasteiger partial charge in [-0.2, -0.15) is 0 Å². The summed E-state index contributed by atoms with van der Waals surface area (Å²) in [7, 11) is 0. The molecule has 24 heavy (non-hydrogen) atoms. The van der Waals surface area contributed by atoms with Gasteiger partial charge >= 0.3 is 5.97 Å². The van der Waals surface area contributed by atoms with Gasteiger partial charge in [0.25, 0.3) is 0 Å². The molecule has 0 atom stereocenters. The van der Waals surface area contributed by atoms with Crippen LogP contribution in [0.15, 0.2) is 40.9 Å². The first-order valence-corrected chi connectivity index (χ1v) is 8.14. The number of aromatic nitrogens is 1. The fourth-order valence-electron chi connectivity index (χ4n) is 3.08. The largest absolute Gasteiger partial charge is 0.480 e. The Kier molecular flexibility index (Phi) is 4.64. The quantitative estimate of drug-likeness (QED) is 0.850. The molecule has 1 aromatic heterocycles. The summed E-state index contributed by atoms with van der Waals surface area (Å²) in [6, 6.07) is 9.60. The predicted octanol–water partition coefficient (Wildman–Crippen LogP) is 2.79. The van der Waals surface area contributed by atoms with Crippen LogP contribution in [0.2, 0.25) is 0 Å². The molecule has 1 saturated carbocycles. The van der Waals surface area contributed by atoms with E-state index in [2.05, 4.69) is 10.3 Å². The molecule has 3 rings (SSSR count). The van der Waals surface area contributed by atoms with E-state index in [9.17, 15) is 14.7 Å². The molecule has 0 bridgehead atoms. The van der Waals surface area contributed by atoms with Crippen molar-refractivity contribution in [3.63, 3.8) is 0 Å². The summed E-state index contributed by atoms with van der Waals surface area (Å²) in [6.07, 6.45) is 4.77. The zero-order valence-corrected chi connectivity index (χ0v) is 13.3. The van der Waals surface area contributed by atoms with E-state index in [1.54, 1.807) is 6.20 Å². The van der Waals surface area contributed by atoms with E-state index in [-0.39, 0.29) is 12.3 Å². The molecule has 0 radical (unpaired) electrons. The standard InChI is InChI=1S/C18H20N2O4/c21-15(20-18(17(22)23)10-4-5-11-18)8-9-16-19-12-14(24-16)13-6-2-1-3-7-13/h1-3,6-7,12H,4-5,8-11H2,(H,20,21)(H,22,23). The first-order valence-electron chi connectivity index (χ1n) is 8.14. The molecule has 1 fully saturated rings. The highest BCUT2D eigenvalue weighted by molar-refractivity contribution is 5.87. The van der Waals surface area contributed by atoms with Crippen LogP contribution in [0.25, 0.3) is 11.3 Å². The van der Waals surface area contributed by atoms with Gasteiger partial charge in [-0.05, 0) is 12.8 Å². The first-order chi connectivity index (χ1) is 11.6. The van der Waals surface area contributed by atoms with Gasteiger partial charge < -0.3 is 14.8 Å². The average molecular weight is 328 g/mol. The Hall–Kier alpha value is -2.63. The number of carboxylic acid groups (broad SMARTS) is 1.